The van der Waals surface area contributed by atoms with Gasteiger partial charge in [-0.1, -0.05) is 0 Å². The van der Waals surface area contributed by atoms with Crippen LogP contribution in [0.2, 0.25) is 0 Å². The summed E-state index contributed by atoms with van der Waals surface area (Å²) < 4.78 is 5.04. The summed E-state index contributed by atoms with van der Waals surface area (Å²) in [5, 5.41) is 2.61. The zero-order chi connectivity index (χ0) is 12.3. The van der Waals surface area contributed by atoms with Gasteiger partial charge in [-0.2, -0.15) is 0 Å². The summed E-state index contributed by atoms with van der Waals surface area (Å²) in [6, 6.07) is 1.60. The van der Waals surface area contributed by atoms with Crippen LogP contribution in [0.4, 0.5) is 0 Å². The largest absolute Gasteiger partial charge is 0.469 e. The van der Waals surface area contributed by atoms with Crippen molar-refractivity contribution in [2.45, 2.75) is 19.8 Å². The summed E-state index contributed by atoms with van der Waals surface area (Å²) in [4.78, 5) is 25.2. The third-order valence-corrected chi connectivity index (χ3v) is 2.96. The van der Waals surface area contributed by atoms with E-state index in [-0.39, 0.29) is 18.4 Å². The van der Waals surface area contributed by atoms with Gasteiger partial charge < -0.3 is 14.6 Å². The maximum absolute atomic E-state index is 11.7. The molecule has 1 aliphatic rings. The molecule has 1 N–H and O–H groups in total. The Morgan fingerprint density at radius 3 is 2.71 bits per heavy atom. The van der Waals surface area contributed by atoms with Crippen LogP contribution in [0.1, 0.15) is 29.0 Å². The van der Waals surface area contributed by atoms with E-state index in [1.54, 1.807) is 17.9 Å². The minimum Gasteiger partial charge on any atom is -0.469 e. The van der Waals surface area contributed by atoms with Gasteiger partial charge in [-0.3, -0.25) is 9.59 Å². The molecule has 0 atom stereocenters. The van der Waals surface area contributed by atoms with Crippen molar-refractivity contribution in [3.05, 3.63) is 23.7 Å². The smallest absolute Gasteiger partial charge is 0.255 e. The van der Waals surface area contributed by atoms with E-state index < -0.39 is 0 Å². The molecular weight excluding hydrogens is 220 g/mol. The normalized spacial score (nSPS) is 15.0. The molecule has 2 amide bonds. The molecule has 5 nitrogen and oxygen atoms in total. The molecule has 5 heteroatoms. The molecule has 2 rings (SSSR count). The number of carbonyl (C=O) groups is 2. The van der Waals surface area contributed by atoms with Crippen LogP contribution in [0.25, 0.3) is 0 Å². The van der Waals surface area contributed by atoms with Crippen LogP contribution >= 0.6 is 0 Å². The average molecular weight is 236 g/mol. The van der Waals surface area contributed by atoms with Crippen molar-refractivity contribution in [1.82, 2.24) is 10.2 Å². The molecule has 0 saturated carbocycles. The first-order chi connectivity index (χ1) is 8.18. The van der Waals surface area contributed by atoms with Gasteiger partial charge in [0.1, 0.15) is 5.76 Å². The van der Waals surface area contributed by atoms with Crippen LogP contribution in [-0.4, -0.2) is 36.3 Å². The number of nitrogens with zero attached hydrogens (tertiary/aromatic N) is 1. The SMILES string of the molecule is Cc1occc1C(=O)NCC(=O)N1CCCC1. The molecule has 1 aliphatic heterocycles. The fourth-order valence-corrected chi connectivity index (χ4v) is 1.95. The van der Waals surface area contributed by atoms with Gasteiger partial charge in [0, 0.05) is 13.1 Å². The fraction of sp³-hybridized carbons (Fsp3) is 0.500. The number of nitrogens with one attached hydrogen (secondary N) is 1. The lowest BCUT2D eigenvalue weighted by Crippen LogP contribution is -2.38. The molecule has 1 aromatic heterocycles. The third kappa shape index (κ3) is 2.67. The number of hydrogen-bond donors (Lipinski definition) is 1. The zero-order valence-electron chi connectivity index (χ0n) is 9.86. The molecule has 17 heavy (non-hydrogen) atoms. The van der Waals surface area contributed by atoms with E-state index in [0.29, 0.717) is 11.3 Å². The Labute approximate surface area is 99.8 Å². The maximum Gasteiger partial charge on any atom is 0.255 e. The third-order valence-electron chi connectivity index (χ3n) is 2.96. The first-order valence-corrected chi connectivity index (χ1v) is 5.78. The highest BCUT2D eigenvalue weighted by molar-refractivity contribution is 5.97. The van der Waals surface area contributed by atoms with Gasteiger partial charge >= 0.3 is 0 Å². The van der Waals surface area contributed by atoms with Crippen LogP contribution in [0.5, 0.6) is 0 Å². The van der Waals surface area contributed by atoms with E-state index in [2.05, 4.69) is 5.32 Å². The highest BCUT2D eigenvalue weighted by Gasteiger charge is 2.19. The molecule has 1 aromatic rings. The molecule has 1 fully saturated rings. The quantitative estimate of drug-likeness (QED) is 0.849. The van der Waals surface area contributed by atoms with Gasteiger partial charge in [-0.25, -0.2) is 0 Å². The first kappa shape index (κ1) is 11.7. The molecular formula is C12H16N2O3. The van der Waals surface area contributed by atoms with Crippen LogP contribution in [0, 0.1) is 6.92 Å². The highest BCUT2D eigenvalue weighted by atomic mass is 16.3. The van der Waals surface area contributed by atoms with Crippen molar-refractivity contribution in [3.8, 4) is 0 Å². The predicted octanol–water partition coefficient (Wildman–Crippen LogP) is 0.940. The lowest BCUT2D eigenvalue weighted by Gasteiger charge is -2.15. The predicted molar refractivity (Wildman–Crippen MR) is 61.6 cm³/mol. The molecule has 0 spiro atoms. The Hall–Kier alpha value is -1.78. The van der Waals surface area contributed by atoms with Gasteiger partial charge in [0.15, 0.2) is 0 Å². The summed E-state index contributed by atoms with van der Waals surface area (Å²) >= 11 is 0. The monoisotopic (exact) mass is 236 g/mol. The van der Waals surface area contributed by atoms with Gasteiger partial charge in [0.05, 0.1) is 18.4 Å². The summed E-state index contributed by atoms with van der Waals surface area (Å²) in [6.07, 6.45) is 3.58. The second-order valence-corrected chi connectivity index (χ2v) is 4.16. The van der Waals surface area contributed by atoms with Crippen molar-refractivity contribution in [2.75, 3.05) is 19.6 Å². The molecule has 1 saturated heterocycles. The highest BCUT2D eigenvalue weighted by Crippen LogP contribution is 2.09. The topological polar surface area (TPSA) is 62.6 Å². The lowest BCUT2D eigenvalue weighted by molar-refractivity contribution is -0.129. The summed E-state index contributed by atoms with van der Waals surface area (Å²) in [5.41, 5.74) is 0.485. The van der Waals surface area contributed by atoms with Crippen molar-refractivity contribution < 1.29 is 14.0 Å². The number of hydrogen-bond acceptors (Lipinski definition) is 3. The first-order valence-electron chi connectivity index (χ1n) is 5.78. The Morgan fingerprint density at radius 2 is 2.12 bits per heavy atom. The molecule has 92 valence electrons. The number of likely N-dealkylation sites (tertiary alicyclic amines) is 1. The standard InChI is InChI=1S/C12H16N2O3/c1-9-10(4-7-17-9)12(16)13-8-11(15)14-5-2-3-6-14/h4,7H,2-3,5-6,8H2,1H3,(H,13,16). The van der Waals surface area contributed by atoms with Gasteiger partial charge in [0.25, 0.3) is 5.91 Å². The summed E-state index contributed by atoms with van der Waals surface area (Å²) in [6.45, 7) is 3.39. The van der Waals surface area contributed by atoms with Crippen molar-refractivity contribution in [2.24, 2.45) is 0 Å². The number of aryl methyl sites for hydroxylation is 1. The van der Waals surface area contributed by atoms with Crippen LogP contribution < -0.4 is 5.32 Å². The Kier molecular flexibility index (Phi) is 3.46. The minimum atomic E-state index is -0.260. The maximum atomic E-state index is 11.7. The van der Waals surface area contributed by atoms with Gasteiger partial charge in [0.2, 0.25) is 5.91 Å². The molecule has 0 aromatic carbocycles. The van der Waals surface area contributed by atoms with Gasteiger partial charge in [-0.05, 0) is 25.8 Å². The zero-order valence-corrected chi connectivity index (χ0v) is 9.86. The van der Waals surface area contributed by atoms with Gasteiger partial charge in [-0.15, -0.1) is 0 Å². The van der Waals surface area contributed by atoms with Crippen molar-refractivity contribution >= 4 is 11.8 Å². The Morgan fingerprint density at radius 1 is 1.41 bits per heavy atom. The molecule has 2 heterocycles. The molecule has 0 bridgehead atoms. The van der Waals surface area contributed by atoms with E-state index in [1.165, 1.54) is 6.26 Å². The van der Waals surface area contributed by atoms with Crippen molar-refractivity contribution in [3.63, 3.8) is 0 Å². The van der Waals surface area contributed by atoms with Crippen LogP contribution in [-0.2, 0) is 4.79 Å². The second kappa shape index (κ2) is 5.03. The van der Waals surface area contributed by atoms with Crippen molar-refractivity contribution in [1.29, 1.82) is 0 Å². The van der Waals surface area contributed by atoms with E-state index in [0.717, 1.165) is 25.9 Å². The molecule has 0 unspecified atom stereocenters. The number of rotatable bonds is 3. The van der Waals surface area contributed by atoms with E-state index in [1.807, 2.05) is 0 Å². The van der Waals surface area contributed by atoms with E-state index in [9.17, 15) is 9.59 Å². The Balaban J connectivity index is 1.84. The fourth-order valence-electron chi connectivity index (χ4n) is 1.95. The lowest BCUT2D eigenvalue weighted by atomic mass is 10.2. The molecule has 0 aliphatic carbocycles. The molecule has 0 radical (unpaired) electrons. The average Bonchev–Trinajstić information content (AvgIpc) is 2.95. The minimum absolute atomic E-state index is 0.0167. The number of furan rings is 1. The summed E-state index contributed by atoms with van der Waals surface area (Å²) in [7, 11) is 0. The van der Waals surface area contributed by atoms with Crippen LogP contribution in [0.3, 0.4) is 0 Å². The van der Waals surface area contributed by atoms with E-state index >= 15 is 0 Å². The Bertz CT molecular complexity index is 419. The summed E-state index contributed by atoms with van der Waals surface area (Å²) in [5.74, 6) is 0.289. The van der Waals surface area contributed by atoms with E-state index in [4.69, 9.17) is 4.42 Å². The second-order valence-electron chi connectivity index (χ2n) is 4.16. The number of carbonyl (C=O) groups excluding carboxylic acids is 2. The number of amides is 2. The van der Waals surface area contributed by atoms with Crippen LogP contribution in [0.15, 0.2) is 16.7 Å².